The van der Waals surface area contributed by atoms with E-state index in [9.17, 15) is 4.79 Å². The quantitative estimate of drug-likeness (QED) is 0.600. The number of hydrogen-bond donors (Lipinski definition) is 0. The molecule has 0 saturated carbocycles. The van der Waals surface area contributed by atoms with Gasteiger partial charge in [-0.3, -0.25) is 4.79 Å². The topological polar surface area (TPSA) is 53.3 Å². The van der Waals surface area contributed by atoms with Crippen LogP contribution < -0.4 is 0 Å². The summed E-state index contributed by atoms with van der Waals surface area (Å²) in [6, 6.07) is 2.02. The highest BCUT2D eigenvalue weighted by molar-refractivity contribution is 5.81. The molecule has 0 N–H and O–H groups in total. The molecule has 86 valence electrons. The maximum Gasteiger partial charge on any atom is 0.239 e. The summed E-state index contributed by atoms with van der Waals surface area (Å²) in [5.41, 5.74) is 0. The SMILES string of the molecule is CCOCCN(CC)C(=O)C(C#N)CC. The molecule has 1 unspecified atom stereocenters. The molecular weight excluding hydrogens is 192 g/mol. The van der Waals surface area contributed by atoms with Crippen LogP contribution in [-0.2, 0) is 9.53 Å². The fourth-order valence-corrected chi connectivity index (χ4v) is 1.28. The molecular formula is C11H20N2O2. The first-order valence-corrected chi connectivity index (χ1v) is 5.47. The summed E-state index contributed by atoms with van der Waals surface area (Å²) in [6.07, 6.45) is 0.570. The van der Waals surface area contributed by atoms with E-state index in [2.05, 4.69) is 0 Å². The van der Waals surface area contributed by atoms with E-state index in [-0.39, 0.29) is 5.91 Å². The van der Waals surface area contributed by atoms with Crippen LogP contribution >= 0.6 is 0 Å². The Labute approximate surface area is 91.8 Å². The molecule has 0 heterocycles. The average Bonchev–Trinajstić information content (AvgIpc) is 2.26. The lowest BCUT2D eigenvalue weighted by Gasteiger charge is -2.22. The van der Waals surface area contributed by atoms with Gasteiger partial charge in [-0.15, -0.1) is 0 Å². The monoisotopic (exact) mass is 212 g/mol. The zero-order valence-corrected chi connectivity index (χ0v) is 9.82. The van der Waals surface area contributed by atoms with Gasteiger partial charge in [-0.2, -0.15) is 5.26 Å². The van der Waals surface area contributed by atoms with Gasteiger partial charge in [-0.05, 0) is 20.3 Å². The highest BCUT2D eigenvalue weighted by Gasteiger charge is 2.20. The van der Waals surface area contributed by atoms with Crippen molar-refractivity contribution in [2.24, 2.45) is 5.92 Å². The second kappa shape index (κ2) is 8.25. The van der Waals surface area contributed by atoms with Crippen LogP contribution in [0.2, 0.25) is 0 Å². The molecule has 1 atom stereocenters. The van der Waals surface area contributed by atoms with Crippen molar-refractivity contribution in [1.29, 1.82) is 5.26 Å². The molecule has 0 fully saturated rings. The largest absolute Gasteiger partial charge is 0.380 e. The lowest BCUT2D eigenvalue weighted by molar-refractivity contribution is -0.134. The maximum absolute atomic E-state index is 11.8. The third kappa shape index (κ3) is 4.80. The van der Waals surface area contributed by atoms with E-state index in [1.807, 2.05) is 26.8 Å². The zero-order valence-electron chi connectivity index (χ0n) is 9.82. The standard InChI is InChI=1S/C11H20N2O2/c1-4-10(9-12)11(14)13(5-2)7-8-15-6-3/h10H,4-8H2,1-3H3. The minimum atomic E-state index is -0.508. The molecule has 0 rings (SSSR count). The third-order valence-electron chi connectivity index (χ3n) is 2.27. The Morgan fingerprint density at radius 3 is 2.53 bits per heavy atom. The first-order valence-electron chi connectivity index (χ1n) is 5.47. The Balaban J connectivity index is 4.15. The number of nitrogens with zero attached hydrogens (tertiary/aromatic N) is 2. The van der Waals surface area contributed by atoms with Gasteiger partial charge in [-0.1, -0.05) is 6.92 Å². The minimum absolute atomic E-state index is 0.0813. The van der Waals surface area contributed by atoms with Crippen molar-refractivity contribution in [2.45, 2.75) is 27.2 Å². The molecule has 0 spiro atoms. The number of rotatable bonds is 7. The van der Waals surface area contributed by atoms with E-state index in [0.717, 1.165) is 0 Å². The number of carbonyl (C=O) groups is 1. The molecule has 0 aliphatic rings. The molecule has 0 aliphatic heterocycles. The van der Waals surface area contributed by atoms with Gasteiger partial charge in [0.15, 0.2) is 0 Å². The first-order chi connectivity index (χ1) is 7.21. The third-order valence-corrected chi connectivity index (χ3v) is 2.27. The molecule has 0 aliphatic carbocycles. The van der Waals surface area contributed by atoms with Crippen LogP contribution in [0.5, 0.6) is 0 Å². The Hall–Kier alpha value is -1.08. The van der Waals surface area contributed by atoms with E-state index in [1.54, 1.807) is 4.90 Å². The van der Waals surface area contributed by atoms with Crippen molar-refractivity contribution in [2.75, 3.05) is 26.3 Å². The number of hydrogen-bond acceptors (Lipinski definition) is 3. The van der Waals surface area contributed by atoms with Gasteiger partial charge >= 0.3 is 0 Å². The van der Waals surface area contributed by atoms with Crippen LogP contribution in [0.1, 0.15) is 27.2 Å². The fourth-order valence-electron chi connectivity index (χ4n) is 1.28. The maximum atomic E-state index is 11.8. The van der Waals surface area contributed by atoms with Crippen LogP contribution in [-0.4, -0.2) is 37.1 Å². The average molecular weight is 212 g/mol. The van der Waals surface area contributed by atoms with Gasteiger partial charge < -0.3 is 9.64 Å². The molecule has 0 aromatic rings. The van der Waals surface area contributed by atoms with Crippen molar-refractivity contribution in [3.8, 4) is 6.07 Å². The minimum Gasteiger partial charge on any atom is -0.380 e. The summed E-state index contributed by atoms with van der Waals surface area (Å²) in [5, 5.41) is 8.78. The highest BCUT2D eigenvalue weighted by atomic mass is 16.5. The molecule has 1 amide bonds. The zero-order chi connectivity index (χ0) is 11.7. The van der Waals surface area contributed by atoms with Crippen molar-refractivity contribution in [3.63, 3.8) is 0 Å². The van der Waals surface area contributed by atoms with Crippen LogP contribution in [0.15, 0.2) is 0 Å². The summed E-state index contributed by atoms with van der Waals surface area (Å²) in [6.45, 7) is 8.07. The van der Waals surface area contributed by atoms with Crippen molar-refractivity contribution >= 4 is 5.91 Å². The van der Waals surface area contributed by atoms with E-state index in [4.69, 9.17) is 10.00 Å². The highest BCUT2D eigenvalue weighted by Crippen LogP contribution is 2.06. The van der Waals surface area contributed by atoms with Crippen molar-refractivity contribution in [1.82, 2.24) is 4.90 Å². The van der Waals surface area contributed by atoms with Gasteiger partial charge in [0.05, 0.1) is 12.7 Å². The summed E-state index contributed by atoms with van der Waals surface area (Å²) in [5.74, 6) is -0.589. The molecule has 0 aromatic carbocycles. The normalized spacial score (nSPS) is 11.9. The Bertz CT molecular complexity index is 223. The number of carbonyl (C=O) groups excluding carboxylic acids is 1. The first kappa shape index (κ1) is 13.9. The molecule has 15 heavy (non-hydrogen) atoms. The van der Waals surface area contributed by atoms with Gasteiger partial charge in [0.25, 0.3) is 0 Å². The molecule has 0 saturated heterocycles. The molecule has 0 radical (unpaired) electrons. The predicted molar refractivity (Wildman–Crippen MR) is 58.1 cm³/mol. The number of amides is 1. The lowest BCUT2D eigenvalue weighted by atomic mass is 10.1. The molecule has 4 heteroatoms. The lowest BCUT2D eigenvalue weighted by Crippen LogP contribution is -2.37. The van der Waals surface area contributed by atoms with Crippen molar-refractivity contribution in [3.05, 3.63) is 0 Å². The predicted octanol–water partition coefficient (Wildman–Crippen LogP) is 1.42. The smallest absolute Gasteiger partial charge is 0.239 e. The summed E-state index contributed by atoms with van der Waals surface area (Å²) < 4.78 is 5.19. The molecule has 0 aromatic heterocycles. The van der Waals surface area contributed by atoms with Gasteiger partial charge in [0, 0.05) is 19.7 Å². The number of ether oxygens (including phenoxy) is 1. The van der Waals surface area contributed by atoms with Crippen molar-refractivity contribution < 1.29 is 9.53 Å². The second-order valence-corrected chi connectivity index (χ2v) is 3.20. The second-order valence-electron chi connectivity index (χ2n) is 3.20. The Morgan fingerprint density at radius 1 is 1.47 bits per heavy atom. The van der Waals surface area contributed by atoms with E-state index < -0.39 is 5.92 Å². The number of likely N-dealkylation sites (N-methyl/N-ethyl adjacent to an activating group) is 1. The van der Waals surface area contributed by atoms with Crippen LogP contribution in [0.25, 0.3) is 0 Å². The Morgan fingerprint density at radius 2 is 2.13 bits per heavy atom. The van der Waals surface area contributed by atoms with E-state index >= 15 is 0 Å². The van der Waals surface area contributed by atoms with E-state index in [0.29, 0.717) is 32.7 Å². The van der Waals surface area contributed by atoms with Gasteiger partial charge in [0.2, 0.25) is 5.91 Å². The number of nitriles is 1. The molecule has 0 bridgehead atoms. The summed E-state index contributed by atoms with van der Waals surface area (Å²) >= 11 is 0. The molecule has 4 nitrogen and oxygen atoms in total. The fraction of sp³-hybridized carbons (Fsp3) is 0.818. The summed E-state index contributed by atoms with van der Waals surface area (Å²) in [7, 11) is 0. The van der Waals surface area contributed by atoms with Gasteiger partial charge in [0.1, 0.15) is 5.92 Å². The van der Waals surface area contributed by atoms with Crippen LogP contribution in [0.3, 0.4) is 0 Å². The summed E-state index contributed by atoms with van der Waals surface area (Å²) in [4.78, 5) is 13.5. The van der Waals surface area contributed by atoms with E-state index in [1.165, 1.54) is 0 Å². The Kier molecular flexibility index (Phi) is 7.65. The van der Waals surface area contributed by atoms with Crippen LogP contribution in [0, 0.1) is 17.2 Å². The van der Waals surface area contributed by atoms with Gasteiger partial charge in [-0.25, -0.2) is 0 Å². The van der Waals surface area contributed by atoms with Crippen LogP contribution in [0.4, 0.5) is 0 Å².